The van der Waals surface area contributed by atoms with Gasteiger partial charge in [0.05, 0.1) is 0 Å². The molecule has 2 N–H and O–H groups in total. The van der Waals surface area contributed by atoms with Crippen molar-refractivity contribution in [2.45, 2.75) is 18.3 Å². The van der Waals surface area contributed by atoms with Gasteiger partial charge in [-0.15, -0.1) is 0 Å². The Bertz CT molecular complexity index is 1050. The van der Waals surface area contributed by atoms with Crippen LogP contribution in [0, 0.1) is 5.92 Å². The second kappa shape index (κ2) is 6.71. The van der Waals surface area contributed by atoms with Gasteiger partial charge in [-0.25, -0.2) is 0 Å². The van der Waals surface area contributed by atoms with E-state index in [0.717, 1.165) is 6.42 Å². The smallest absolute Gasteiger partial charge is 0.0474 e. The van der Waals surface area contributed by atoms with Crippen molar-refractivity contribution in [3.63, 3.8) is 0 Å². The van der Waals surface area contributed by atoms with Crippen molar-refractivity contribution in [2.24, 2.45) is 5.92 Å². The molecule has 5 rings (SSSR count). The SMILES string of the molecule is OC[C@H]1[C@@H](c2ccccc2)c2c([nH]c3ccccc23)C[C@@H]1c1ccccc1. The molecule has 2 heteroatoms. The van der Waals surface area contributed by atoms with Crippen molar-refractivity contribution >= 4 is 10.9 Å². The molecule has 0 unspecified atom stereocenters. The molecular formula is C25H23NO. The number of aromatic nitrogens is 1. The van der Waals surface area contributed by atoms with E-state index in [0.29, 0.717) is 5.92 Å². The van der Waals surface area contributed by atoms with Gasteiger partial charge in [-0.1, -0.05) is 78.9 Å². The van der Waals surface area contributed by atoms with Crippen LogP contribution >= 0.6 is 0 Å². The average molecular weight is 353 g/mol. The van der Waals surface area contributed by atoms with Gasteiger partial charge in [0.1, 0.15) is 0 Å². The third kappa shape index (κ3) is 2.68. The molecule has 1 aliphatic carbocycles. The number of hydrogen-bond donors (Lipinski definition) is 2. The van der Waals surface area contributed by atoms with Crippen LogP contribution < -0.4 is 0 Å². The quantitative estimate of drug-likeness (QED) is 0.518. The van der Waals surface area contributed by atoms with E-state index in [1.165, 1.54) is 33.3 Å². The summed E-state index contributed by atoms with van der Waals surface area (Å²) in [6, 6.07) is 29.9. The van der Waals surface area contributed by atoms with Gasteiger partial charge in [-0.2, -0.15) is 0 Å². The first-order chi connectivity index (χ1) is 13.4. The summed E-state index contributed by atoms with van der Waals surface area (Å²) in [5, 5.41) is 11.8. The molecule has 0 amide bonds. The second-order valence-electron chi connectivity index (χ2n) is 7.52. The molecule has 0 saturated carbocycles. The number of aliphatic hydroxyl groups is 1. The van der Waals surface area contributed by atoms with E-state index in [1.807, 2.05) is 0 Å². The fourth-order valence-corrected chi connectivity index (χ4v) is 4.93. The zero-order valence-electron chi connectivity index (χ0n) is 15.2. The Morgan fingerprint density at radius 1 is 0.778 bits per heavy atom. The predicted molar refractivity (Wildman–Crippen MR) is 110 cm³/mol. The zero-order chi connectivity index (χ0) is 18.2. The number of rotatable bonds is 3. The van der Waals surface area contributed by atoms with Crippen molar-refractivity contribution in [1.82, 2.24) is 4.98 Å². The van der Waals surface area contributed by atoms with E-state index in [-0.39, 0.29) is 18.4 Å². The van der Waals surface area contributed by atoms with Crippen LogP contribution in [0.5, 0.6) is 0 Å². The predicted octanol–water partition coefficient (Wildman–Crippen LogP) is 5.25. The molecule has 2 nitrogen and oxygen atoms in total. The topological polar surface area (TPSA) is 36.0 Å². The Morgan fingerprint density at radius 2 is 1.41 bits per heavy atom. The number of aliphatic hydroxyl groups excluding tert-OH is 1. The second-order valence-corrected chi connectivity index (χ2v) is 7.52. The maximum absolute atomic E-state index is 10.5. The van der Waals surface area contributed by atoms with E-state index in [1.54, 1.807) is 0 Å². The minimum absolute atomic E-state index is 0.154. The molecule has 1 aromatic heterocycles. The maximum Gasteiger partial charge on any atom is 0.0474 e. The molecular weight excluding hydrogens is 330 g/mol. The van der Waals surface area contributed by atoms with Gasteiger partial charge in [0.25, 0.3) is 0 Å². The van der Waals surface area contributed by atoms with Gasteiger partial charge in [0.2, 0.25) is 0 Å². The lowest BCUT2D eigenvalue weighted by Gasteiger charge is -2.38. The third-order valence-corrected chi connectivity index (χ3v) is 6.11. The molecule has 0 aliphatic heterocycles. The lowest BCUT2D eigenvalue weighted by Crippen LogP contribution is -2.31. The molecule has 1 aliphatic rings. The zero-order valence-corrected chi connectivity index (χ0v) is 15.2. The van der Waals surface area contributed by atoms with Crippen molar-refractivity contribution in [1.29, 1.82) is 0 Å². The summed E-state index contributed by atoms with van der Waals surface area (Å²) in [4.78, 5) is 3.68. The van der Waals surface area contributed by atoms with Crippen LogP contribution in [0.25, 0.3) is 10.9 Å². The summed E-state index contributed by atoms with van der Waals surface area (Å²) >= 11 is 0. The molecule has 3 aromatic carbocycles. The number of benzene rings is 3. The lowest BCUT2D eigenvalue weighted by atomic mass is 9.66. The maximum atomic E-state index is 10.5. The fourth-order valence-electron chi connectivity index (χ4n) is 4.93. The molecule has 134 valence electrons. The summed E-state index contributed by atoms with van der Waals surface area (Å²) in [6.45, 7) is 0.179. The highest BCUT2D eigenvalue weighted by molar-refractivity contribution is 5.86. The molecule has 4 aromatic rings. The Kier molecular flexibility index (Phi) is 4.06. The number of nitrogens with one attached hydrogen (secondary N) is 1. The average Bonchev–Trinajstić information content (AvgIpc) is 3.12. The first-order valence-electron chi connectivity index (χ1n) is 9.67. The van der Waals surface area contributed by atoms with Crippen molar-refractivity contribution in [3.8, 4) is 0 Å². The van der Waals surface area contributed by atoms with E-state index >= 15 is 0 Å². The van der Waals surface area contributed by atoms with Gasteiger partial charge < -0.3 is 10.1 Å². The van der Waals surface area contributed by atoms with Gasteiger partial charge in [-0.05, 0) is 35.1 Å². The molecule has 27 heavy (non-hydrogen) atoms. The Labute approximate surface area is 159 Å². The van der Waals surface area contributed by atoms with Crippen LogP contribution in [0.2, 0.25) is 0 Å². The number of H-pyrrole nitrogens is 1. The van der Waals surface area contributed by atoms with Gasteiger partial charge in [0, 0.05) is 35.0 Å². The summed E-state index contributed by atoms with van der Waals surface area (Å²) in [5.41, 5.74) is 6.45. The van der Waals surface area contributed by atoms with E-state index in [9.17, 15) is 5.11 Å². The first-order valence-corrected chi connectivity index (χ1v) is 9.67. The monoisotopic (exact) mass is 353 g/mol. The molecule has 0 saturated heterocycles. The highest BCUT2D eigenvalue weighted by atomic mass is 16.3. The summed E-state index contributed by atoms with van der Waals surface area (Å²) in [7, 11) is 0. The molecule has 0 bridgehead atoms. The number of para-hydroxylation sites is 1. The van der Waals surface area contributed by atoms with Crippen LogP contribution in [0.3, 0.4) is 0 Å². The fraction of sp³-hybridized carbons (Fsp3) is 0.200. The third-order valence-electron chi connectivity index (χ3n) is 6.11. The standard InChI is InChI=1S/C25H23NO/c27-16-21-20(17-9-3-1-4-10-17)15-23-25(19-13-7-8-14-22(19)26-23)24(21)18-11-5-2-6-12-18/h1-14,20-21,24,26-27H,15-16H2/t20-,21-,24-/m1/s1. The first kappa shape index (κ1) is 16.3. The summed E-state index contributed by atoms with van der Waals surface area (Å²) < 4.78 is 0. The molecule has 1 heterocycles. The van der Waals surface area contributed by atoms with Crippen LogP contribution in [0.4, 0.5) is 0 Å². The highest BCUT2D eigenvalue weighted by Gasteiger charge is 2.39. The van der Waals surface area contributed by atoms with E-state index in [2.05, 4.69) is 89.9 Å². The molecule has 0 fully saturated rings. The van der Waals surface area contributed by atoms with Crippen LogP contribution in [-0.4, -0.2) is 16.7 Å². The molecule has 3 atom stereocenters. The normalized spacial score (nSPS) is 21.9. The molecule has 0 radical (unpaired) electrons. The van der Waals surface area contributed by atoms with Crippen molar-refractivity contribution in [3.05, 3.63) is 107 Å². The van der Waals surface area contributed by atoms with E-state index in [4.69, 9.17) is 0 Å². The molecule has 0 spiro atoms. The van der Waals surface area contributed by atoms with E-state index < -0.39 is 0 Å². The Morgan fingerprint density at radius 3 is 2.11 bits per heavy atom. The highest BCUT2D eigenvalue weighted by Crippen LogP contribution is 2.49. The number of fused-ring (bicyclic) bond motifs is 3. The lowest BCUT2D eigenvalue weighted by molar-refractivity contribution is 0.181. The number of hydrogen-bond acceptors (Lipinski definition) is 1. The van der Waals surface area contributed by atoms with Crippen LogP contribution in [0.15, 0.2) is 84.9 Å². The van der Waals surface area contributed by atoms with Gasteiger partial charge >= 0.3 is 0 Å². The Balaban J connectivity index is 1.75. The van der Waals surface area contributed by atoms with Gasteiger partial charge in [0.15, 0.2) is 0 Å². The number of aromatic amines is 1. The Hall–Kier alpha value is -2.84. The van der Waals surface area contributed by atoms with Gasteiger partial charge in [-0.3, -0.25) is 0 Å². The van der Waals surface area contributed by atoms with Crippen LogP contribution in [0.1, 0.15) is 34.2 Å². The summed E-state index contributed by atoms with van der Waals surface area (Å²) in [5.74, 6) is 0.629. The summed E-state index contributed by atoms with van der Waals surface area (Å²) in [6.07, 6.45) is 0.933. The van der Waals surface area contributed by atoms with Crippen molar-refractivity contribution < 1.29 is 5.11 Å². The van der Waals surface area contributed by atoms with Crippen molar-refractivity contribution in [2.75, 3.05) is 6.61 Å². The minimum Gasteiger partial charge on any atom is -0.396 e. The largest absolute Gasteiger partial charge is 0.396 e. The van der Waals surface area contributed by atoms with Crippen LogP contribution in [-0.2, 0) is 6.42 Å². The minimum atomic E-state index is 0.154.